The minimum absolute atomic E-state index is 0.0573. The van der Waals surface area contributed by atoms with E-state index in [9.17, 15) is 5.26 Å². The monoisotopic (exact) mass is 393 g/mol. The third-order valence-corrected chi connectivity index (χ3v) is 4.54. The van der Waals surface area contributed by atoms with Gasteiger partial charge in [-0.3, -0.25) is 4.99 Å². The average Bonchev–Trinajstić information content (AvgIpc) is 2.66. The number of aryl methyl sites for hydroxylation is 1. The van der Waals surface area contributed by atoms with Crippen LogP contribution in [0.2, 0.25) is 0 Å². The smallest absolute Gasteiger partial charge is 0.226 e. The molecule has 0 aliphatic carbocycles. The van der Waals surface area contributed by atoms with Gasteiger partial charge in [-0.05, 0) is 36.5 Å². The van der Waals surface area contributed by atoms with E-state index in [1.165, 1.54) is 0 Å². The third-order valence-electron chi connectivity index (χ3n) is 4.54. The van der Waals surface area contributed by atoms with Crippen LogP contribution in [0.15, 0.2) is 23.2 Å². The number of nitrogens with one attached hydrogen (secondary N) is 2. The first-order chi connectivity index (χ1) is 13.6. The van der Waals surface area contributed by atoms with E-state index in [0.29, 0.717) is 23.1 Å². The average molecular weight is 394 g/mol. The Kier molecular flexibility index (Phi) is 6.80. The summed E-state index contributed by atoms with van der Waals surface area (Å²) in [6.07, 6.45) is 0. The molecule has 0 saturated heterocycles. The Balaban J connectivity index is 2.56. The van der Waals surface area contributed by atoms with Crippen molar-refractivity contribution < 1.29 is 0 Å². The van der Waals surface area contributed by atoms with Crippen LogP contribution in [0.4, 0.5) is 23.3 Å². The molecule has 0 aliphatic heterocycles. The topological polar surface area (TPSA) is 89.2 Å². The Hall–Kier alpha value is -3.14. The van der Waals surface area contributed by atoms with Crippen LogP contribution in [0.3, 0.4) is 0 Å². The highest BCUT2D eigenvalue weighted by Gasteiger charge is 2.22. The van der Waals surface area contributed by atoms with Crippen molar-refractivity contribution in [2.45, 2.75) is 34.6 Å². The minimum atomic E-state index is 0.0573. The number of rotatable bonds is 6. The first-order valence-electron chi connectivity index (χ1n) is 9.62. The van der Waals surface area contributed by atoms with Crippen molar-refractivity contribution in [2.24, 2.45) is 10.4 Å². The van der Waals surface area contributed by atoms with Gasteiger partial charge in [-0.2, -0.15) is 15.2 Å². The second-order valence-electron chi connectivity index (χ2n) is 8.34. The van der Waals surface area contributed by atoms with Gasteiger partial charge in [0.05, 0.1) is 0 Å². The number of nitrogens with zero attached hydrogens (tertiary/aromatic N) is 5. The van der Waals surface area contributed by atoms with Gasteiger partial charge >= 0.3 is 0 Å². The summed E-state index contributed by atoms with van der Waals surface area (Å²) in [5, 5.41) is 16.2. The van der Waals surface area contributed by atoms with Gasteiger partial charge in [-0.1, -0.05) is 32.9 Å². The summed E-state index contributed by atoms with van der Waals surface area (Å²) in [6.45, 7) is 11.2. The van der Waals surface area contributed by atoms with E-state index in [2.05, 4.69) is 52.4 Å². The van der Waals surface area contributed by atoms with Crippen molar-refractivity contribution in [3.05, 3.63) is 34.9 Å². The minimum Gasteiger partial charge on any atom is -0.358 e. The number of aromatic nitrogens is 2. The molecule has 29 heavy (non-hydrogen) atoms. The number of hydrogen-bond donors (Lipinski definition) is 2. The zero-order valence-electron chi connectivity index (χ0n) is 18.7. The molecule has 1 heterocycles. The van der Waals surface area contributed by atoms with Crippen LogP contribution < -0.4 is 15.5 Å². The van der Waals surface area contributed by atoms with Gasteiger partial charge in [-0.25, -0.2) is 0 Å². The molecular formula is C22H31N7. The summed E-state index contributed by atoms with van der Waals surface area (Å²) in [4.78, 5) is 15.3. The third kappa shape index (κ3) is 5.44. The maximum atomic E-state index is 9.90. The number of anilines is 4. The molecule has 0 bridgehead atoms. The van der Waals surface area contributed by atoms with Crippen molar-refractivity contribution >= 4 is 29.0 Å². The molecule has 2 N–H and O–H groups in total. The summed E-state index contributed by atoms with van der Waals surface area (Å²) in [5.74, 6) is 1.54. The molecule has 1 aromatic carbocycles. The maximum absolute atomic E-state index is 9.90. The summed E-state index contributed by atoms with van der Waals surface area (Å²) in [6, 6.07) is 8.39. The van der Waals surface area contributed by atoms with Crippen LogP contribution in [0, 0.1) is 23.7 Å². The molecule has 0 spiro atoms. The molecule has 0 radical (unpaired) electrons. The SMILES string of the molecule is CN=C(C)c1ccc(C)c(Nc2nc(NC)nc(N(C)CC(C)(C)C)c2C#N)c1. The molecule has 154 valence electrons. The van der Waals surface area contributed by atoms with Crippen LogP contribution in [0.5, 0.6) is 0 Å². The van der Waals surface area contributed by atoms with Crippen LogP contribution in [0.1, 0.15) is 44.4 Å². The van der Waals surface area contributed by atoms with Gasteiger partial charge in [-0.15, -0.1) is 0 Å². The van der Waals surface area contributed by atoms with E-state index in [1.807, 2.05) is 44.0 Å². The Morgan fingerprint density at radius 3 is 2.52 bits per heavy atom. The molecule has 1 aromatic heterocycles. The molecule has 7 heteroatoms. The van der Waals surface area contributed by atoms with Crippen molar-refractivity contribution in [3.63, 3.8) is 0 Å². The van der Waals surface area contributed by atoms with E-state index in [0.717, 1.165) is 29.1 Å². The lowest BCUT2D eigenvalue weighted by Crippen LogP contribution is -2.30. The standard InChI is InChI=1S/C22H31N7/c1-14-9-10-16(15(2)24-6)11-18(14)26-19-17(12-23)20(28-21(25-7)27-19)29(8)13-22(3,4)5/h9-11H,13H2,1-8H3,(H2,25,26,27,28). The predicted molar refractivity (Wildman–Crippen MR) is 122 cm³/mol. The predicted octanol–water partition coefficient (Wildman–Crippen LogP) is 4.36. The lowest BCUT2D eigenvalue weighted by Gasteiger charge is -2.28. The van der Waals surface area contributed by atoms with Crippen molar-refractivity contribution in [3.8, 4) is 6.07 Å². The molecule has 0 saturated carbocycles. The fourth-order valence-electron chi connectivity index (χ4n) is 3.06. The van der Waals surface area contributed by atoms with Crippen LogP contribution in [0.25, 0.3) is 0 Å². The molecule has 0 amide bonds. The quantitative estimate of drug-likeness (QED) is 0.709. The molecular weight excluding hydrogens is 362 g/mol. The van der Waals surface area contributed by atoms with E-state index in [1.54, 1.807) is 14.1 Å². The Morgan fingerprint density at radius 2 is 1.97 bits per heavy atom. The van der Waals surface area contributed by atoms with Crippen LogP contribution in [-0.2, 0) is 0 Å². The van der Waals surface area contributed by atoms with Crippen molar-refractivity contribution in [2.75, 3.05) is 43.2 Å². The number of aliphatic imine (C=N–C) groups is 1. The molecule has 7 nitrogen and oxygen atoms in total. The molecule has 0 atom stereocenters. The van der Waals surface area contributed by atoms with E-state index in [4.69, 9.17) is 0 Å². The second kappa shape index (κ2) is 8.91. The lowest BCUT2D eigenvalue weighted by atomic mass is 9.96. The maximum Gasteiger partial charge on any atom is 0.226 e. The zero-order valence-corrected chi connectivity index (χ0v) is 18.7. The van der Waals surface area contributed by atoms with Crippen molar-refractivity contribution in [1.29, 1.82) is 5.26 Å². The highest BCUT2D eigenvalue weighted by molar-refractivity contribution is 5.99. The Morgan fingerprint density at radius 1 is 1.28 bits per heavy atom. The summed E-state index contributed by atoms with van der Waals surface area (Å²) in [5.41, 5.74) is 4.37. The van der Waals surface area contributed by atoms with Gasteiger partial charge in [0.15, 0.2) is 11.6 Å². The van der Waals surface area contributed by atoms with Gasteiger partial charge in [0.2, 0.25) is 5.95 Å². The number of benzene rings is 1. The molecule has 0 unspecified atom stereocenters. The summed E-state index contributed by atoms with van der Waals surface area (Å²) in [7, 11) is 5.49. The van der Waals surface area contributed by atoms with Crippen molar-refractivity contribution in [1.82, 2.24) is 9.97 Å². The first kappa shape index (κ1) is 22.2. The largest absolute Gasteiger partial charge is 0.358 e. The second-order valence-corrected chi connectivity index (χ2v) is 8.34. The summed E-state index contributed by atoms with van der Waals surface area (Å²) < 4.78 is 0. The molecule has 0 fully saturated rings. The zero-order chi connectivity index (χ0) is 21.8. The Labute approximate surface area is 173 Å². The van der Waals surface area contributed by atoms with E-state index >= 15 is 0 Å². The van der Waals surface area contributed by atoms with Gasteiger partial charge in [0.1, 0.15) is 11.6 Å². The highest BCUT2D eigenvalue weighted by Crippen LogP contribution is 2.30. The Bertz CT molecular complexity index is 949. The number of nitriles is 1. The fraction of sp³-hybridized carbons (Fsp3) is 0.455. The molecule has 2 aromatic rings. The molecule has 0 aliphatic rings. The highest BCUT2D eigenvalue weighted by atomic mass is 15.2. The number of hydrogen-bond acceptors (Lipinski definition) is 7. The normalized spacial score (nSPS) is 11.8. The van der Waals surface area contributed by atoms with Crippen LogP contribution >= 0.6 is 0 Å². The van der Waals surface area contributed by atoms with Gasteiger partial charge < -0.3 is 15.5 Å². The lowest BCUT2D eigenvalue weighted by molar-refractivity contribution is 0.417. The fourth-order valence-corrected chi connectivity index (χ4v) is 3.06. The first-order valence-corrected chi connectivity index (χ1v) is 9.62. The molecule has 2 rings (SSSR count). The van der Waals surface area contributed by atoms with E-state index in [-0.39, 0.29) is 5.41 Å². The van der Waals surface area contributed by atoms with Gasteiger partial charge in [0.25, 0.3) is 0 Å². The summed E-state index contributed by atoms with van der Waals surface area (Å²) >= 11 is 0. The van der Waals surface area contributed by atoms with Crippen LogP contribution in [-0.4, -0.2) is 43.4 Å². The van der Waals surface area contributed by atoms with Gasteiger partial charge in [0, 0.05) is 39.1 Å². The van der Waals surface area contributed by atoms with E-state index < -0.39 is 0 Å².